The quantitative estimate of drug-likeness (QED) is 0.704. The molecular formula is C11H17N3O. The fourth-order valence-corrected chi connectivity index (χ4v) is 1.26. The molecule has 1 heterocycles. The molecule has 4 heteroatoms. The second kappa shape index (κ2) is 6.14. The molecule has 0 spiro atoms. The Morgan fingerprint density at radius 1 is 1.47 bits per heavy atom. The van der Waals surface area contributed by atoms with Gasteiger partial charge in [-0.3, -0.25) is 9.78 Å². The lowest BCUT2D eigenvalue weighted by atomic mass is 10.2. The van der Waals surface area contributed by atoms with Crippen LogP contribution in [0.3, 0.4) is 0 Å². The van der Waals surface area contributed by atoms with Crippen LogP contribution >= 0.6 is 0 Å². The number of pyridine rings is 1. The first-order chi connectivity index (χ1) is 7.20. The van der Waals surface area contributed by atoms with Crippen molar-refractivity contribution in [2.24, 2.45) is 0 Å². The van der Waals surface area contributed by atoms with Crippen molar-refractivity contribution >= 4 is 5.91 Å². The molecule has 1 atom stereocenters. The van der Waals surface area contributed by atoms with Gasteiger partial charge in [-0.1, -0.05) is 6.07 Å². The maximum atomic E-state index is 10.6. The van der Waals surface area contributed by atoms with Crippen molar-refractivity contribution in [1.29, 1.82) is 0 Å². The molecule has 1 rings (SSSR count). The number of aromatic nitrogens is 1. The van der Waals surface area contributed by atoms with E-state index in [2.05, 4.69) is 22.5 Å². The van der Waals surface area contributed by atoms with Gasteiger partial charge in [0, 0.05) is 32.3 Å². The number of hydrogen-bond donors (Lipinski definition) is 2. The summed E-state index contributed by atoms with van der Waals surface area (Å²) < 4.78 is 0. The Balaban J connectivity index is 2.25. The summed E-state index contributed by atoms with van der Waals surface area (Å²) in [5, 5.41) is 6.01. The molecule has 0 saturated carbocycles. The fourth-order valence-electron chi connectivity index (χ4n) is 1.26. The predicted octanol–water partition coefficient (Wildman–Crippen LogP) is 0.868. The van der Waals surface area contributed by atoms with Crippen LogP contribution in [0.25, 0.3) is 0 Å². The van der Waals surface area contributed by atoms with E-state index < -0.39 is 0 Å². The third-order valence-corrected chi connectivity index (χ3v) is 2.08. The molecule has 1 aromatic rings. The molecule has 0 saturated heterocycles. The normalized spacial score (nSPS) is 12.1. The maximum Gasteiger partial charge on any atom is 0.216 e. The predicted molar refractivity (Wildman–Crippen MR) is 59.3 cm³/mol. The molecule has 0 aromatic carbocycles. The van der Waals surface area contributed by atoms with Crippen LogP contribution in [-0.4, -0.2) is 24.0 Å². The number of carbonyl (C=O) groups is 1. The van der Waals surface area contributed by atoms with Crippen LogP contribution in [0.4, 0.5) is 0 Å². The van der Waals surface area contributed by atoms with Crippen LogP contribution in [0.1, 0.15) is 25.6 Å². The van der Waals surface area contributed by atoms with E-state index in [-0.39, 0.29) is 11.9 Å². The number of amides is 1. The Hall–Kier alpha value is -1.42. The van der Waals surface area contributed by atoms with E-state index in [0.717, 1.165) is 12.2 Å². The Kier molecular flexibility index (Phi) is 4.77. The first-order valence-electron chi connectivity index (χ1n) is 5.09. The van der Waals surface area contributed by atoms with Crippen LogP contribution in [-0.2, 0) is 4.79 Å². The van der Waals surface area contributed by atoms with Crippen LogP contribution in [0.15, 0.2) is 24.4 Å². The van der Waals surface area contributed by atoms with Crippen LogP contribution < -0.4 is 10.6 Å². The lowest BCUT2D eigenvalue weighted by Gasteiger charge is -2.12. The zero-order valence-corrected chi connectivity index (χ0v) is 9.16. The average Bonchev–Trinajstić information content (AvgIpc) is 2.25. The molecule has 1 aromatic heterocycles. The smallest absolute Gasteiger partial charge is 0.216 e. The Bertz CT molecular complexity index is 300. The van der Waals surface area contributed by atoms with Gasteiger partial charge in [0.1, 0.15) is 0 Å². The molecule has 0 aliphatic rings. The van der Waals surface area contributed by atoms with Gasteiger partial charge in [-0.2, -0.15) is 0 Å². The highest BCUT2D eigenvalue weighted by Crippen LogP contribution is 2.06. The van der Waals surface area contributed by atoms with Crippen molar-refractivity contribution in [2.75, 3.05) is 13.1 Å². The van der Waals surface area contributed by atoms with E-state index in [0.29, 0.717) is 6.54 Å². The SMILES string of the molecule is CC(=O)NCCN[C@@H](C)c1ccccn1. The zero-order chi connectivity index (χ0) is 11.1. The average molecular weight is 207 g/mol. The number of nitrogens with one attached hydrogen (secondary N) is 2. The molecule has 0 radical (unpaired) electrons. The summed E-state index contributed by atoms with van der Waals surface area (Å²) >= 11 is 0. The van der Waals surface area contributed by atoms with E-state index in [1.165, 1.54) is 6.92 Å². The minimum absolute atomic E-state index is 0.00212. The lowest BCUT2D eigenvalue weighted by molar-refractivity contribution is -0.118. The Labute approximate surface area is 90.1 Å². The Morgan fingerprint density at radius 3 is 2.87 bits per heavy atom. The topological polar surface area (TPSA) is 54.0 Å². The third-order valence-electron chi connectivity index (χ3n) is 2.08. The summed E-state index contributed by atoms with van der Waals surface area (Å²) in [4.78, 5) is 14.8. The van der Waals surface area contributed by atoms with Gasteiger partial charge < -0.3 is 10.6 Å². The molecule has 0 fully saturated rings. The van der Waals surface area contributed by atoms with Crippen molar-refractivity contribution in [1.82, 2.24) is 15.6 Å². The summed E-state index contributed by atoms with van der Waals surface area (Å²) in [6.07, 6.45) is 1.78. The van der Waals surface area contributed by atoms with Gasteiger partial charge in [0.15, 0.2) is 0 Å². The Morgan fingerprint density at radius 2 is 2.27 bits per heavy atom. The van der Waals surface area contributed by atoms with E-state index in [9.17, 15) is 4.79 Å². The van der Waals surface area contributed by atoms with Crippen molar-refractivity contribution in [3.8, 4) is 0 Å². The second-order valence-electron chi connectivity index (χ2n) is 3.41. The standard InChI is InChI=1S/C11H17N3O/c1-9(11-5-3-4-6-14-11)12-7-8-13-10(2)15/h3-6,9,12H,7-8H2,1-2H3,(H,13,15)/t9-/m0/s1. The fraction of sp³-hybridized carbons (Fsp3) is 0.455. The van der Waals surface area contributed by atoms with Crippen molar-refractivity contribution in [3.63, 3.8) is 0 Å². The molecule has 0 bridgehead atoms. The highest BCUT2D eigenvalue weighted by Gasteiger charge is 2.03. The molecule has 0 aliphatic heterocycles. The lowest BCUT2D eigenvalue weighted by Crippen LogP contribution is -2.31. The first-order valence-corrected chi connectivity index (χ1v) is 5.09. The summed E-state index contributed by atoms with van der Waals surface area (Å²) in [5.41, 5.74) is 1.01. The zero-order valence-electron chi connectivity index (χ0n) is 9.16. The van der Waals surface area contributed by atoms with Crippen molar-refractivity contribution < 1.29 is 4.79 Å². The van der Waals surface area contributed by atoms with E-state index in [1.54, 1.807) is 6.20 Å². The van der Waals surface area contributed by atoms with Gasteiger partial charge >= 0.3 is 0 Å². The molecular weight excluding hydrogens is 190 g/mol. The summed E-state index contributed by atoms with van der Waals surface area (Å²) in [7, 11) is 0. The first kappa shape index (κ1) is 11.7. The highest BCUT2D eigenvalue weighted by molar-refractivity contribution is 5.72. The van der Waals surface area contributed by atoms with Crippen LogP contribution in [0, 0.1) is 0 Å². The number of hydrogen-bond acceptors (Lipinski definition) is 3. The van der Waals surface area contributed by atoms with E-state index >= 15 is 0 Å². The van der Waals surface area contributed by atoms with Gasteiger partial charge in [0.2, 0.25) is 5.91 Å². The van der Waals surface area contributed by atoms with Crippen LogP contribution in [0.5, 0.6) is 0 Å². The minimum Gasteiger partial charge on any atom is -0.355 e. The van der Waals surface area contributed by atoms with Crippen molar-refractivity contribution in [3.05, 3.63) is 30.1 Å². The monoisotopic (exact) mass is 207 g/mol. The van der Waals surface area contributed by atoms with E-state index in [1.807, 2.05) is 18.2 Å². The summed E-state index contributed by atoms with van der Waals surface area (Å²) in [5.74, 6) is 0.00212. The number of carbonyl (C=O) groups excluding carboxylic acids is 1. The molecule has 82 valence electrons. The highest BCUT2D eigenvalue weighted by atomic mass is 16.1. The van der Waals surface area contributed by atoms with Gasteiger partial charge in [0.25, 0.3) is 0 Å². The van der Waals surface area contributed by atoms with Gasteiger partial charge in [-0.05, 0) is 19.1 Å². The third kappa shape index (κ3) is 4.56. The number of nitrogens with zero attached hydrogens (tertiary/aromatic N) is 1. The van der Waals surface area contributed by atoms with Crippen LogP contribution in [0.2, 0.25) is 0 Å². The maximum absolute atomic E-state index is 10.6. The summed E-state index contributed by atoms with van der Waals surface area (Å²) in [6.45, 7) is 4.96. The van der Waals surface area contributed by atoms with Gasteiger partial charge in [-0.25, -0.2) is 0 Å². The molecule has 15 heavy (non-hydrogen) atoms. The van der Waals surface area contributed by atoms with E-state index in [4.69, 9.17) is 0 Å². The number of rotatable bonds is 5. The van der Waals surface area contributed by atoms with Gasteiger partial charge in [0.05, 0.1) is 5.69 Å². The molecule has 0 unspecified atom stereocenters. The largest absolute Gasteiger partial charge is 0.355 e. The van der Waals surface area contributed by atoms with Gasteiger partial charge in [-0.15, -0.1) is 0 Å². The summed E-state index contributed by atoms with van der Waals surface area (Å²) in [6, 6.07) is 6.05. The molecule has 1 amide bonds. The second-order valence-corrected chi connectivity index (χ2v) is 3.41. The molecule has 0 aliphatic carbocycles. The molecule has 4 nitrogen and oxygen atoms in total. The molecule has 2 N–H and O–H groups in total. The van der Waals surface area contributed by atoms with Crippen molar-refractivity contribution in [2.45, 2.75) is 19.9 Å². The minimum atomic E-state index is 0.00212.